The lowest BCUT2D eigenvalue weighted by molar-refractivity contribution is 0.129. The van der Waals surface area contributed by atoms with Crippen molar-refractivity contribution in [3.8, 4) is 0 Å². The van der Waals surface area contributed by atoms with Crippen LogP contribution in [0.4, 0.5) is 4.39 Å². The van der Waals surface area contributed by atoms with E-state index in [-0.39, 0.29) is 11.9 Å². The summed E-state index contributed by atoms with van der Waals surface area (Å²) in [4.78, 5) is 0.940. The molecule has 0 saturated carbocycles. The van der Waals surface area contributed by atoms with Crippen LogP contribution in [-0.2, 0) is 4.74 Å². The minimum Gasteiger partial charge on any atom is -0.377 e. The van der Waals surface area contributed by atoms with Crippen molar-refractivity contribution in [3.05, 3.63) is 29.6 Å². The first kappa shape index (κ1) is 12.9. The van der Waals surface area contributed by atoms with Gasteiger partial charge in [0.15, 0.2) is 0 Å². The lowest BCUT2D eigenvalue weighted by Crippen LogP contribution is -2.11. The molecule has 0 spiro atoms. The van der Waals surface area contributed by atoms with Crippen molar-refractivity contribution < 1.29 is 9.13 Å². The first-order valence-electron chi connectivity index (χ1n) is 5.97. The van der Waals surface area contributed by atoms with Gasteiger partial charge in [0.05, 0.1) is 6.10 Å². The van der Waals surface area contributed by atoms with Crippen LogP contribution in [0.15, 0.2) is 23.1 Å². The van der Waals surface area contributed by atoms with Crippen LogP contribution in [0, 0.1) is 5.82 Å². The van der Waals surface area contributed by atoms with Crippen molar-refractivity contribution in [1.29, 1.82) is 0 Å². The minimum atomic E-state index is -0.275. The summed E-state index contributed by atoms with van der Waals surface area (Å²) in [6.07, 6.45) is 2.55. The van der Waals surface area contributed by atoms with Gasteiger partial charge in [-0.05, 0) is 31.9 Å². The Bertz CT molecular complexity index is 378. The maximum absolute atomic E-state index is 13.7. The lowest BCUT2D eigenvalue weighted by Gasteiger charge is -2.15. The molecule has 2 unspecified atom stereocenters. The summed E-state index contributed by atoms with van der Waals surface area (Å²) in [5.41, 5.74) is 6.44. The molecule has 1 aliphatic rings. The second-order valence-corrected chi connectivity index (χ2v) is 5.45. The van der Waals surface area contributed by atoms with E-state index in [2.05, 4.69) is 0 Å². The molecule has 94 valence electrons. The molecule has 0 bridgehead atoms. The Hall–Kier alpha value is -0.580. The Balaban J connectivity index is 2.06. The summed E-state index contributed by atoms with van der Waals surface area (Å²) in [5, 5.41) is 0. The van der Waals surface area contributed by atoms with Gasteiger partial charge in [-0.3, -0.25) is 0 Å². The average Bonchev–Trinajstić information content (AvgIpc) is 2.78. The number of rotatable bonds is 4. The van der Waals surface area contributed by atoms with Gasteiger partial charge in [-0.2, -0.15) is 0 Å². The quantitative estimate of drug-likeness (QED) is 0.840. The highest BCUT2D eigenvalue weighted by atomic mass is 32.2. The Kier molecular flexibility index (Phi) is 4.42. The molecule has 0 amide bonds. The number of hydrogen-bond acceptors (Lipinski definition) is 3. The van der Waals surface area contributed by atoms with E-state index in [1.54, 1.807) is 17.8 Å². The zero-order valence-electron chi connectivity index (χ0n) is 9.99. The van der Waals surface area contributed by atoms with Gasteiger partial charge in [-0.1, -0.05) is 6.07 Å². The molecule has 2 rings (SSSR count). The molecule has 1 aliphatic heterocycles. The molecular formula is C13H18FNOS. The monoisotopic (exact) mass is 255 g/mol. The third-order valence-corrected chi connectivity index (χ3v) is 4.12. The maximum Gasteiger partial charge on any atom is 0.129 e. The number of nitrogens with two attached hydrogens (primary N) is 1. The summed E-state index contributed by atoms with van der Waals surface area (Å²) < 4.78 is 19.2. The van der Waals surface area contributed by atoms with Crippen LogP contribution in [0.25, 0.3) is 0 Å². The van der Waals surface area contributed by atoms with Crippen LogP contribution in [0.1, 0.15) is 31.4 Å². The predicted octanol–water partition coefficient (Wildman–Crippen LogP) is 3.12. The number of hydrogen-bond donors (Lipinski definition) is 1. The molecule has 2 atom stereocenters. The highest BCUT2D eigenvalue weighted by Crippen LogP contribution is 2.30. The van der Waals surface area contributed by atoms with Gasteiger partial charge >= 0.3 is 0 Å². The molecular weight excluding hydrogens is 237 g/mol. The van der Waals surface area contributed by atoms with E-state index in [4.69, 9.17) is 10.5 Å². The van der Waals surface area contributed by atoms with E-state index in [0.29, 0.717) is 11.7 Å². The van der Waals surface area contributed by atoms with E-state index in [9.17, 15) is 4.39 Å². The van der Waals surface area contributed by atoms with E-state index in [1.807, 2.05) is 13.0 Å². The standard InChI is InChI=1S/C13H18FNOS/c1-9(15)13-11(14)5-2-6-12(13)17-8-10-4-3-7-16-10/h2,5-6,9-10H,3-4,7-8,15H2,1H3. The first-order valence-corrected chi connectivity index (χ1v) is 6.95. The molecule has 1 fully saturated rings. The van der Waals surface area contributed by atoms with Gasteiger partial charge in [0.25, 0.3) is 0 Å². The fraction of sp³-hybridized carbons (Fsp3) is 0.538. The van der Waals surface area contributed by atoms with Crippen molar-refractivity contribution in [2.45, 2.75) is 36.8 Å². The third-order valence-electron chi connectivity index (χ3n) is 2.92. The summed E-state index contributed by atoms with van der Waals surface area (Å²) in [6, 6.07) is 4.86. The molecule has 0 aliphatic carbocycles. The number of benzene rings is 1. The van der Waals surface area contributed by atoms with Gasteiger partial charge < -0.3 is 10.5 Å². The minimum absolute atomic E-state index is 0.211. The van der Waals surface area contributed by atoms with E-state index in [1.165, 1.54) is 6.07 Å². The predicted molar refractivity (Wildman–Crippen MR) is 68.7 cm³/mol. The van der Waals surface area contributed by atoms with Crippen molar-refractivity contribution >= 4 is 11.8 Å². The molecule has 2 nitrogen and oxygen atoms in total. The van der Waals surface area contributed by atoms with E-state index < -0.39 is 0 Å². The number of ether oxygens (including phenoxy) is 1. The zero-order valence-corrected chi connectivity index (χ0v) is 10.8. The normalized spacial score (nSPS) is 21.7. The molecule has 17 heavy (non-hydrogen) atoms. The molecule has 4 heteroatoms. The Morgan fingerprint density at radius 2 is 2.41 bits per heavy atom. The molecule has 0 radical (unpaired) electrons. The van der Waals surface area contributed by atoms with Gasteiger partial charge in [-0.15, -0.1) is 11.8 Å². The summed E-state index contributed by atoms with van der Waals surface area (Å²) in [5.74, 6) is 0.667. The number of thioether (sulfide) groups is 1. The lowest BCUT2D eigenvalue weighted by atomic mass is 10.1. The zero-order chi connectivity index (χ0) is 12.3. The van der Waals surface area contributed by atoms with Crippen LogP contribution in [0.5, 0.6) is 0 Å². The topological polar surface area (TPSA) is 35.2 Å². The van der Waals surface area contributed by atoms with Crippen LogP contribution >= 0.6 is 11.8 Å². The Labute approximate surface area is 106 Å². The molecule has 1 heterocycles. The van der Waals surface area contributed by atoms with E-state index in [0.717, 1.165) is 30.1 Å². The van der Waals surface area contributed by atoms with Crippen molar-refractivity contribution in [2.75, 3.05) is 12.4 Å². The molecule has 2 N–H and O–H groups in total. The van der Waals surface area contributed by atoms with Gasteiger partial charge in [-0.25, -0.2) is 4.39 Å². The Morgan fingerprint density at radius 1 is 1.59 bits per heavy atom. The van der Waals surface area contributed by atoms with E-state index >= 15 is 0 Å². The van der Waals surface area contributed by atoms with Crippen LogP contribution in [-0.4, -0.2) is 18.5 Å². The van der Waals surface area contributed by atoms with Crippen molar-refractivity contribution in [1.82, 2.24) is 0 Å². The second-order valence-electron chi connectivity index (χ2n) is 4.39. The molecule has 1 saturated heterocycles. The molecule has 1 aromatic carbocycles. The maximum atomic E-state index is 13.7. The highest BCUT2D eigenvalue weighted by Gasteiger charge is 2.18. The Morgan fingerprint density at radius 3 is 3.06 bits per heavy atom. The number of halogens is 1. The first-order chi connectivity index (χ1) is 8.18. The van der Waals surface area contributed by atoms with Crippen LogP contribution in [0.3, 0.4) is 0 Å². The highest BCUT2D eigenvalue weighted by molar-refractivity contribution is 7.99. The fourth-order valence-electron chi connectivity index (χ4n) is 2.04. The van der Waals surface area contributed by atoms with Crippen molar-refractivity contribution in [2.24, 2.45) is 5.73 Å². The molecule has 1 aromatic rings. The van der Waals surface area contributed by atoms with Gasteiger partial charge in [0.2, 0.25) is 0 Å². The third kappa shape index (κ3) is 3.21. The fourth-order valence-corrected chi connectivity index (χ4v) is 3.29. The second kappa shape index (κ2) is 5.85. The largest absolute Gasteiger partial charge is 0.377 e. The van der Waals surface area contributed by atoms with Crippen molar-refractivity contribution in [3.63, 3.8) is 0 Å². The smallest absolute Gasteiger partial charge is 0.129 e. The molecule has 0 aromatic heterocycles. The van der Waals surface area contributed by atoms with Crippen LogP contribution in [0.2, 0.25) is 0 Å². The summed E-state index contributed by atoms with van der Waals surface area (Å²) >= 11 is 1.64. The average molecular weight is 255 g/mol. The summed E-state index contributed by atoms with van der Waals surface area (Å²) in [6.45, 7) is 2.67. The van der Waals surface area contributed by atoms with Gasteiger partial charge in [0.1, 0.15) is 5.82 Å². The SMILES string of the molecule is CC(N)c1c(F)cccc1SCC1CCCO1. The van der Waals surface area contributed by atoms with Gasteiger partial charge in [0, 0.05) is 28.9 Å². The summed E-state index contributed by atoms with van der Waals surface area (Å²) in [7, 11) is 0. The van der Waals surface area contributed by atoms with Crippen LogP contribution < -0.4 is 5.73 Å².